The van der Waals surface area contributed by atoms with E-state index < -0.39 is 0 Å². The fourth-order valence-electron chi connectivity index (χ4n) is 2.02. The third-order valence-electron chi connectivity index (χ3n) is 3.11. The van der Waals surface area contributed by atoms with Gasteiger partial charge < -0.3 is 15.4 Å². The molecule has 19 heavy (non-hydrogen) atoms. The number of piperidine rings is 1. The minimum atomic E-state index is 0. The first-order valence-electron chi connectivity index (χ1n) is 6.33. The molecule has 1 fully saturated rings. The van der Waals surface area contributed by atoms with Crippen LogP contribution < -0.4 is 10.5 Å². The second-order valence-corrected chi connectivity index (χ2v) is 4.43. The van der Waals surface area contributed by atoms with Crippen LogP contribution in [0.25, 0.3) is 0 Å². The lowest BCUT2D eigenvalue weighted by Gasteiger charge is -2.27. The molecule has 0 amide bonds. The molecule has 5 nitrogen and oxygen atoms in total. The molecule has 1 aliphatic heterocycles. The molecule has 1 aliphatic rings. The number of hydrogen-bond donors (Lipinski definition) is 1. The van der Waals surface area contributed by atoms with Crippen molar-refractivity contribution in [2.45, 2.75) is 25.8 Å². The van der Waals surface area contributed by atoms with Crippen LogP contribution in [0.4, 0.5) is 0 Å². The summed E-state index contributed by atoms with van der Waals surface area (Å²) >= 11 is 0. The van der Waals surface area contributed by atoms with E-state index in [1.54, 1.807) is 13.3 Å². The molecule has 1 saturated heterocycles. The lowest BCUT2D eigenvalue weighted by atomic mass is 10.1. The summed E-state index contributed by atoms with van der Waals surface area (Å²) in [5.74, 6) is 1.26. The van der Waals surface area contributed by atoms with Crippen molar-refractivity contribution in [3.63, 3.8) is 0 Å². The van der Waals surface area contributed by atoms with Crippen LogP contribution in [0.2, 0.25) is 0 Å². The summed E-state index contributed by atoms with van der Waals surface area (Å²) in [4.78, 5) is 10.7. The molecule has 2 N–H and O–H groups in total. The monoisotopic (exact) mass is 376 g/mol. The van der Waals surface area contributed by atoms with Crippen molar-refractivity contribution in [1.29, 1.82) is 0 Å². The number of nitrogens with two attached hydrogens (primary N) is 1. The number of hydrogen-bond acceptors (Lipinski definition) is 3. The van der Waals surface area contributed by atoms with Crippen LogP contribution in [0.1, 0.15) is 24.8 Å². The van der Waals surface area contributed by atoms with Crippen LogP contribution in [-0.2, 0) is 6.54 Å². The topological polar surface area (TPSA) is 63.7 Å². The van der Waals surface area contributed by atoms with Gasteiger partial charge >= 0.3 is 0 Å². The number of aromatic nitrogens is 1. The number of aliphatic imine (C=N–C) groups is 1. The quantitative estimate of drug-likeness (QED) is 0.498. The Hall–Kier alpha value is -1.05. The first-order chi connectivity index (χ1) is 8.79. The van der Waals surface area contributed by atoms with Gasteiger partial charge in [-0.05, 0) is 24.8 Å². The molecule has 2 rings (SSSR count). The number of ether oxygens (including phenoxy) is 1. The van der Waals surface area contributed by atoms with Gasteiger partial charge in [-0.25, -0.2) is 9.98 Å². The number of pyridine rings is 1. The van der Waals surface area contributed by atoms with Crippen LogP contribution in [0.3, 0.4) is 0 Å². The van der Waals surface area contributed by atoms with Crippen LogP contribution in [0.15, 0.2) is 23.3 Å². The SMILES string of the molecule is COc1ccc(CN=C(N)N2CCCCC2)cn1.I. The van der Waals surface area contributed by atoms with Crippen LogP contribution >= 0.6 is 24.0 Å². The fourth-order valence-corrected chi connectivity index (χ4v) is 2.02. The lowest BCUT2D eigenvalue weighted by molar-refractivity contribution is 0.338. The number of guanidine groups is 1. The molecule has 0 atom stereocenters. The van der Waals surface area contributed by atoms with Gasteiger partial charge in [0.2, 0.25) is 5.88 Å². The molecule has 106 valence electrons. The average molecular weight is 376 g/mol. The van der Waals surface area contributed by atoms with Crippen LogP contribution in [0.5, 0.6) is 5.88 Å². The maximum absolute atomic E-state index is 5.98. The number of likely N-dealkylation sites (tertiary alicyclic amines) is 1. The average Bonchev–Trinajstić information content (AvgIpc) is 2.46. The highest BCUT2D eigenvalue weighted by Crippen LogP contribution is 2.10. The first kappa shape index (κ1) is 16.0. The van der Waals surface area contributed by atoms with Gasteiger partial charge in [-0.2, -0.15) is 0 Å². The highest BCUT2D eigenvalue weighted by atomic mass is 127. The van der Waals surface area contributed by atoms with Gasteiger partial charge in [-0.1, -0.05) is 6.07 Å². The summed E-state index contributed by atoms with van der Waals surface area (Å²) in [6, 6.07) is 3.79. The van der Waals surface area contributed by atoms with Gasteiger partial charge in [0.25, 0.3) is 0 Å². The van der Waals surface area contributed by atoms with Crippen LogP contribution in [0, 0.1) is 0 Å². The number of rotatable bonds is 3. The Kier molecular flexibility index (Phi) is 6.90. The summed E-state index contributed by atoms with van der Waals surface area (Å²) in [6.45, 7) is 2.62. The standard InChI is InChI=1S/C13H20N4O.HI/c1-18-12-6-5-11(9-15-12)10-16-13(14)17-7-3-2-4-8-17;/h5-6,9H,2-4,7-8,10H2,1H3,(H2,14,16);1H. The van der Waals surface area contributed by atoms with Crippen molar-refractivity contribution in [1.82, 2.24) is 9.88 Å². The Morgan fingerprint density at radius 3 is 2.68 bits per heavy atom. The van der Waals surface area contributed by atoms with Crippen molar-refractivity contribution < 1.29 is 4.74 Å². The highest BCUT2D eigenvalue weighted by molar-refractivity contribution is 14.0. The third-order valence-corrected chi connectivity index (χ3v) is 3.11. The van der Waals surface area contributed by atoms with Crippen LogP contribution in [-0.4, -0.2) is 36.0 Å². The van der Waals surface area contributed by atoms with E-state index in [9.17, 15) is 0 Å². The Morgan fingerprint density at radius 2 is 2.11 bits per heavy atom. The number of nitrogens with zero attached hydrogens (tertiary/aromatic N) is 3. The molecule has 0 saturated carbocycles. The molecule has 2 heterocycles. The van der Waals surface area contributed by atoms with E-state index in [1.165, 1.54) is 19.3 Å². The summed E-state index contributed by atoms with van der Waals surface area (Å²) in [6.07, 6.45) is 5.48. The number of halogens is 1. The minimum Gasteiger partial charge on any atom is -0.481 e. The van der Waals surface area contributed by atoms with Crippen molar-refractivity contribution >= 4 is 29.9 Å². The molecule has 0 aromatic carbocycles. The Bertz CT molecular complexity index is 402. The maximum atomic E-state index is 5.98. The zero-order chi connectivity index (χ0) is 12.8. The second-order valence-electron chi connectivity index (χ2n) is 4.43. The van der Waals surface area contributed by atoms with Gasteiger partial charge in [-0.3, -0.25) is 0 Å². The Labute approximate surface area is 131 Å². The molecule has 0 radical (unpaired) electrons. The molecule has 0 bridgehead atoms. The van der Waals surface area contributed by atoms with E-state index in [1.807, 2.05) is 12.1 Å². The molecule has 0 aliphatic carbocycles. The van der Waals surface area contributed by atoms with Gasteiger partial charge in [0, 0.05) is 25.4 Å². The van der Waals surface area contributed by atoms with Gasteiger partial charge in [0.05, 0.1) is 13.7 Å². The van der Waals surface area contributed by atoms with Crippen molar-refractivity contribution in [2.24, 2.45) is 10.7 Å². The minimum absolute atomic E-state index is 0. The van der Waals surface area contributed by atoms with Gasteiger partial charge in [-0.15, -0.1) is 24.0 Å². The first-order valence-corrected chi connectivity index (χ1v) is 6.33. The van der Waals surface area contributed by atoms with E-state index in [0.29, 0.717) is 18.4 Å². The molecule has 6 heteroatoms. The smallest absolute Gasteiger partial charge is 0.212 e. The molecule has 1 aromatic rings. The maximum Gasteiger partial charge on any atom is 0.212 e. The van der Waals surface area contributed by atoms with E-state index in [-0.39, 0.29) is 24.0 Å². The normalized spacial score (nSPS) is 15.8. The Balaban J connectivity index is 0.00000180. The summed E-state index contributed by atoms with van der Waals surface area (Å²) in [7, 11) is 1.61. The van der Waals surface area contributed by atoms with E-state index in [0.717, 1.165) is 18.7 Å². The second kappa shape index (κ2) is 8.19. The molecular weight excluding hydrogens is 355 g/mol. The predicted octanol–water partition coefficient (Wildman–Crippen LogP) is 2.01. The van der Waals surface area contributed by atoms with Crippen molar-refractivity contribution in [3.8, 4) is 5.88 Å². The number of methoxy groups -OCH3 is 1. The van der Waals surface area contributed by atoms with E-state index >= 15 is 0 Å². The molecule has 0 unspecified atom stereocenters. The summed E-state index contributed by atoms with van der Waals surface area (Å²) in [5.41, 5.74) is 7.02. The fraction of sp³-hybridized carbons (Fsp3) is 0.538. The van der Waals surface area contributed by atoms with Crippen molar-refractivity contribution in [2.75, 3.05) is 20.2 Å². The van der Waals surface area contributed by atoms with Crippen molar-refractivity contribution in [3.05, 3.63) is 23.9 Å². The third kappa shape index (κ3) is 4.85. The molecule has 0 spiro atoms. The zero-order valence-corrected chi connectivity index (χ0v) is 13.5. The molecule has 1 aromatic heterocycles. The molecular formula is C13H21IN4O. The van der Waals surface area contributed by atoms with E-state index in [2.05, 4.69) is 14.9 Å². The zero-order valence-electron chi connectivity index (χ0n) is 11.2. The predicted molar refractivity (Wildman–Crippen MR) is 87.0 cm³/mol. The summed E-state index contributed by atoms with van der Waals surface area (Å²) < 4.78 is 5.01. The largest absolute Gasteiger partial charge is 0.481 e. The lowest BCUT2D eigenvalue weighted by Crippen LogP contribution is -2.40. The van der Waals surface area contributed by atoms with E-state index in [4.69, 9.17) is 10.5 Å². The van der Waals surface area contributed by atoms with Gasteiger partial charge in [0.15, 0.2) is 5.96 Å². The summed E-state index contributed by atoms with van der Waals surface area (Å²) in [5, 5.41) is 0. The van der Waals surface area contributed by atoms with Gasteiger partial charge in [0.1, 0.15) is 0 Å². The Morgan fingerprint density at radius 1 is 1.37 bits per heavy atom. The highest BCUT2D eigenvalue weighted by Gasteiger charge is 2.11.